The maximum absolute atomic E-state index is 11.2. The number of hydrogen-bond acceptors (Lipinski definition) is 4. The normalized spacial score (nSPS) is 12.5. The Morgan fingerprint density at radius 2 is 2.43 bits per heavy atom. The van der Waals surface area contributed by atoms with Crippen molar-refractivity contribution < 1.29 is 14.3 Å². The van der Waals surface area contributed by atoms with Gasteiger partial charge in [-0.15, -0.1) is 0 Å². The van der Waals surface area contributed by atoms with Crippen LogP contribution >= 0.6 is 15.9 Å². The molecule has 0 radical (unpaired) electrons. The fourth-order valence-corrected chi connectivity index (χ4v) is 1.35. The summed E-state index contributed by atoms with van der Waals surface area (Å²) in [7, 11) is 2.91. The molecule has 1 unspecified atom stereocenters. The Bertz CT molecular complexity index is 313. The highest BCUT2D eigenvalue weighted by Crippen LogP contribution is 2.13. The summed E-state index contributed by atoms with van der Waals surface area (Å²) in [4.78, 5) is 11.2. The second kappa shape index (κ2) is 5.11. The monoisotopic (exact) mass is 262 g/mol. The van der Waals surface area contributed by atoms with Crippen LogP contribution in [0.1, 0.15) is 16.1 Å². The molecule has 0 saturated carbocycles. The lowest BCUT2D eigenvalue weighted by Gasteiger charge is -2.06. The third kappa shape index (κ3) is 2.55. The number of aromatic nitrogens is 2. The summed E-state index contributed by atoms with van der Waals surface area (Å²) in [6.45, 7) is 0. The van der Waals surface area contributed by atoms with E-state index in [2.05, 4.69) is 30.9 Å². The smallest absolute Gasteiger partial charge is 0.356 e. The fraction of sp³-hybridized carbons (Fsp3) is 0.500. The van der Waals surface area contributed by atoms with Gasteiger partial charge in [0, 0.05) is 19.1 Å². The van der Waals surface area contributed by atoms with Crippen LogP contribution in [0.2, 0.25) is 0 Å². The number of ether oxygens (including phenoxy) is 2. The third-order valence-electron chi connectivity index (χ3n) is 1.74. The first-order chi connectivity index (χ1) is 6.69. The van der Waals surface area contributed by atoms with Crippen LogP contribution in [-0.4, -0.2) is 35.4 Å². The van der Waals surface area contributed by atoms with Crippen molar-refractivity contribution in [2.24, 2.45) is 0 Å². The predicted octanol–water partition coefficient (Wildman–Crippen LogP) is 1.11. The Kier molecular flexibility index (Phi) is 4.09. The lowest BCUT2D eigenvalue weighted by molar-refractivity contribution is 0.0592. The number of aromatic amines is 1. The molecule has 1 atom stereocenters. The number of carbonyl (C=O) groups is 1. The van der Waals surface area contributed by atoms with E-state index in [4.69, 9.17) is 4.74 Å². The Labute approximate surface area is 89.9 Å². The Morgan fingerprint density at radius 1 is 1.71 bits per heavy atom. The largest absolute Gasteiger partial charge is 0.464 e. The minimum atomic E-state index is -0.423. The molecule has 14 heavy (non-hydrogen) atoms. The SMILES string of the molecule is COC(=O)c1[nH]ncc1CC(Br)OC. The van der Waals surface area contributed by atoms with Crippen molar-refractivity contribution in [2.45, 2.75) is 11.4 Å². The first kappa shape index (κ1) is 11.2. The quantitative estimate of drug-likeness (QED) is 0.652. The number of hydrogen-bond donors (Lipinski definition) is 1. The van der Waals surface area contributed by atoms with E-state index in [0.29, 0.717) is 12.1 Å². The number of esters is 1. The van der Waals surface area contributed by atoms with Gasteiger partial charge in [0.1, 0.15) is 10.7 Å². The Morgan fingerprint density at radius 3 is 3.00 bits per heavy atom. The van der Waals surface area contributed by atoms with Crippen molar-refractivity contribution in [3.63, 3.8) is 0 Å². The molecule has 0 bridgehead atoms. The fourth-order valence-electron chi connectivity index (χ4n) is 1.00. The number of H-pyrrole nitrogens is 1. The molecule has 1 aromatic heterocycles. The van der Waals surface area contributed by atoms with E-state index in [1.54, 1.807) is 13.3 Å². The van der Waals surface area contributed by atoms with Gasteiger partial charge >= 0.3 is 5.97 Å². The van der Waals surface area contributed by atoms with E-state index in [1.807, 2.05) is 0 Å². The zero-order valence-electron chi connectivity index (χ0n) is 7.91. The average Bonchev–Trinajstić information content (AvgIpc) is 2.64. The molecule has 1 heterocycles. The van der Waals surface area contributed by atoms with Gasteiger partial charge in [0.15, 0.2) is 0 Å². The van der Waals surface area contributed by atoms with E-state index < -0.39 is 5.97 Å². The van der Waals surface area contributed by atoms with Crippen LogP contribution < -0.4 is 0 Å². The highest BCUT2D eigenvalue weighted by Gasteiger charge is 2.16. The highest BCUT2D eigenvalue weighted by atomic mass is 79.9. The van der Waals surface area contributed by atoms with E-state index in [1.165, 1.54) is 7.11 Å². The lowest BCUT2D eigenvalue weighted by Crippen LogP contribution is -2.10. The molecular weight excluding hydrogens is 252 g/mol. The van der Waals surface area contributed by atoms with Crippen LogP contribution in [0.4, 0.5) is 0 Å². The van der Waals surface area contributed by atoms with Gasteiger partial charge in [0.25, 0.3) is 0 Å². The van der Waals surface area contributed by atoms with Gasteiger partial charge in [-0.25, -0.2) is 4.79 Å². The molecule has 0 amide bonds. The summed E-state index contributed by atoms with van der Waals surface area (Å²) >= 11 is 3.29. The summed E-state index contributed by atoms with van der Waals surface area (Å²) in [5.74, 6) is -0.423. The van der Waals surface area contributed by atoms with Crippen LogP contribution in [-0.2, 0) is 15.9 Å². The number of rotatable bonds is 4. The first-order valence-electron chi connectivity index (χ1n) is 3.96. The molecule has 78 valence electrons. The van der Waals surface area contributed by atoms with Crippen LogP contribution in [0.25, 0.3) is 0 Å². The van der Waals surface area contributed by atoms with Crippen molar-refractivity contribution >= 4 is 21.9 Å². The number of carbonyl (C=O) groups excluding carboxylic acids is 1. The van der Waals surface area contributed by atoms with E-state index in [-0.39, 0.29) is 5.01 Å². The van der Waals surface area contributed by atoms with Crippen molar-refractivity contribution in [3.8, 4) is 0 Å². The van der Waals surface area contributed by atoms with Gasteiger partial charge in [-0.05, 0) is 0 Å². The van der Waals surface area contributed by atoms with E-state index in [9.17, 15) is 4.79 Å². The summed E-state index contributed by atoms with van der Waals surface area (Å²) in [5, 5.41) is 6.23. The Balaban J connectivity index is 2.77. The van der Waals surface area contributed by atoms with Crippen LogP contribution in [0.3, 0.4) is 0 Å². The van der Waals surface area contributed by atoms with Crippen molar-refractivity contribution in [2.75, 3.05) is 14.2 Å². The second-order valence-corrected chi connectivity index (χ2v) is 3.63. The minimum absolute atomic E-state index is 0.136. The molecule has 0 aliphatic carbocycles. The molecule has 0 aromatic carbocycles. The predicted molar refractivity (Wildman–Crippen MR) is 53.4 cm³/mol. The van der Waals surface area contributed by atoms with Crippen LogP contribution in [0.5, 0.6) is 0 Å². The third-order valence-corrected chi connectivity index (χ3v) is 2.44. The van der Waals surface area contributed by atoms with Crippen LogP contribution in [0, 0.1) is 0 Å². The van der Waals surface area contributed by atoms with Gasteiger partial charge in [0.05, 0.1) is 13.3 Å². The lowest BCUT2D eigenvalue weighted by atomic mass is 10.2. The molecular formula is C8H11BrN2O3. The zero-order valence-corrected chi connectivity index (χ0v) is 9.50. The minimum Gasteiger partial charge on any atom is -0.464 e. The molecule has 0 fully saturated rings. The Hall–Kier alpha value is -0.880. The molecule has 6 heteroatoms. The number of alkyl halides is 1. The van der Waals surface area contributed by atoms with Gasteiger partial charge < -0.3 is 9.47 Å². The average molecular weight is 263 g/mol. The number of methoxy groups -OCH3 is 2. The van der Waals surface area contributed by atoms with E-state index >= 15 is 0 Å². The van der Waals surface area contributed by atoms with Crippen molar-refractivity contribution in [3.05, 3.63) is 17.5 Å². The summed E-state index contributed by atoms with van der Waals surface area (Å²) in [6, 6.07) is 0. The van der Waals surface area contributed by atoms with E-state index in [0.717, 1.165) is 5.56 Å². The number of nitrogens with zero attached hydrogens (tertiary/aromatic N) is 1. The van der Waals surface area contributed by atoms with Crippen molar-refractivity contribution in [1.82, 2.24) is 10.2 Å². The van der Waals surface area contributed by atoms with Gasteiger partial charge in [-0.2, -0.15) is 5.10 Å². The topological polar surface area (TPSA) is 64.2 Å². The second-order valence-electron chi connectivity index (χ2n) is 2.61. The number of halogens is 1. The standard InChI is InChI=1S/C8H11BrN2O3/c1-13-6(9)3-5-4-10-11-7(5)8(12)14-2/h4,6H,3H2,1-2H3,(H,10,11). The summed E-state index contributed by atoms with van der Waals surface area (Å²) in [5.41, 5.74) is 1.13. The molecule has 5 nitrogen and oxygen atoms in total. The van der Waals surface area contributed by atoms with Crippen LogP contribution in [0.15, 0.2) is 6.20 Å². The molecule has 0 aliphatic rings. The maximum atomic E-state index is 11.2. The van der Waals surface area contributed by atoms with Gasteiger partial charge in [-0.1, -0.05) is 15.9 Å². The molecule has 0 saturated heterocycles. The molecule has 1 aromatic rings. The zero-order chi connectivity index (χ0) is 10.6. The summed E-state index contributed by atoms with van der Waals surface area (Å²) < 4.78 is 9.60. The molecule has 1 rings (SSSR count). The molecule has 0 spiro atoms. The number of nitrogens with one attached hydrogen (secondary N) is 1. The van der Waals surface area contributed by atoms with Gasteiger partial charge in [-0.3, -0.25) is 5.10 Å². The van der Waals surface area contributed by atoms with Crippen molar-refractivity contribution in [1.29, 1.82) is 0 Å². The summed E-state index contributed by atoms with van der Waals surface area (Å²) in [6.07, 6.45) is 2.14. The highest BCUT2D eigenvalue weighted by molar-refractivity contribution is 9.09. The first-order valence-corrected chi connectivity index (χ1v) is 4.88. The van der Waals surface area contributed by atoms with Gasteiger partial charge in [0.2, 0.25) is 0 Å². The molecule has 1 N–H and O–H groups in total. The maximum Gasteiger partial charge on any atom is 0.356 e. The molecule has 0 aliphatic heterocycles.